The molecule has 11 heteroatoms. The second-order valence-corrected chi connectivity index (χ2v) is 8.34. The number of aromatic hydroxyl groups is 3. The van der Waals surface area contributed by atoms with Gasteiger partial charge in [0.15, 0.2) is 28.8 Å². The van der Waals surface area contributed by atoms with E-state index < -0.39 is 54.8 Å². The number of aliphatic hydroxyl groups excluding tert-OH is 3. The number of aliphatic hydroxyl groups is 3. The van der Waals surface area contributed by atoms with Crippen LogP contribution in [0.5, 0.6) is 23.0 Å². The second-order valence-electron chi connectivity index (χ2n) is 8.34. The predicted molar refractivity (Wildman–Crippen MR) is 123 cm³/mol. The SMILES string of the molecule is O=C1C=Cc2ccc(O)c(c2)O[C@@H]2O[C@H](COC(=O)/C=C/c3cc(O)c(O)cc3C1)[C@@H](O)[C@H](O)[C@H]2O. The Labute approximate surface area is 204 Å². The number of carbonyl (C=O) groups is 2. The summed E-state index contributed by atoms with van der Waals surface area (Å²) in [6.45, 7) is -0.519. The van der Waals surface area contributed by atoms with Gasteiger partial charge in [-0.2, -0.15) is 0 Å². The molecule has 2 aliphatic heterocycles. The van der Waals surface area contributed by atoms with E-state index in [1.807, 2.05) is 0 Å². The lowest BCUT2D eigenvalue weighted by Crippen LogP contribution is -2.60. The molecular weight excluding hydrogens is 476 g/mol. The fraction of sp³-hybridized carbons (Fsp3) is 0.280. The lowest BCUT2D eigenvalue weighted by molar-refractivity contribution is -0.278. The Morgan fingerprint density at radius 2 is 1.53 bits per heavy atom. The molecule has 4 bridgehead atoms. The molecule has 2 aromatic carbocycles. The van der Waals surface area contributed by atoms with Crippen LogP contribution in [0.15, 0.2) is 42.5 Å². The van der Waals surface area contributed by atoms with Crippen LogP contribution >= 0.6 is 0 Å². The number of benzene rings is 2. The molecule has 6 N–H and O–H groups in total. The minimum atomic E-state index is -1.71. The molecule has 2 aliphatic rings. The van der Waals surface area contributed by atoms with Crippen LogP contribution in [-0.2, 0) is 25.5 Å². The Balaban J connectivity index is 1.72. The maximum Gasteiger partial charge on any atom is 0.330 e. The van der Waals surface area contributed by atoms with Crippen LogP contribution in [0.4, 0.5) is 0 Å². The zero-order valence-corrected chi connectivity index (χ0v) is 18.7. The van der Waals surface area contributed by atoms with E-state index in [0.717, 1.165) is 6.08 Å². The molecule has 2 aromatic rings. The van der Waals surface area contributed by atoms with Gasteiger partial charge in [0.25, 0.3) is 0 Å². The number of ketones is 1. The fourth-order valence-electron chi connectivity index (χ4n) is 3.76. The largest absolute Gasteiger partial charge is 0.504 e. The smallest absolute Gasteiger partial charge is 0.330 e. The van der Waals surface area contributed by atoms with Crippen molar-refractivity contribution in [3.8, 4) is 23.0 Å². The number of phenols is 3. The van der Waals surface area contributed by atoms with E-state index in [2.05, 4.69) is 0 Å². The summed E-state index contributed by atoms with van der Waals surface area (Å²) < 4.78 is 16.1. The Hall–Kier alpha value is -3.90. The molecule has 0 spiro atoms. The lowest BCUT2D eigenvalue weighted by Gasteiger charge is -2.39. The average molecular weight is 500 g/mol. The van der Waals surface area contributed by atoms with Gasteiger partial charge in [0.1, 0.15) is 31.0 Å². The number of esters is 1. The number of ether oxygens (including phenoxy) is 3. The van der Waals surface area contributed by atoms with E-state index in [9.17, 15) is 40.2 Å². The third kappa shape index (κ3) is 5.50. The van der Waals surface area contributed by atoms with E-state index >= 15 is 0 Å². The highest BCUT2D eigenvalue weighted by molar-refractivity contribution is 5.96. The topological polar surface area (TPSA) is 183 Å². The van der Waals surface area contributed by atoms with Crippen LogP contribution < -0.4 is 4.74 Å². The Kier molecular flexibility index (Phi) is 7.27. The number of hydrogen-bond acceptors (Lipinski definition) is 11. The van der Waals surface area contributed by atoms with Crippen molar-refractivity contribution in [3.63, 3.8) is 0 Å². The van der Waals surface area contributed by atoms with Crippen molar-refractivity contribution in [2.75, 3.05) is 6.61 Å². The molecule has 0 amide bonds. The lowest BCUT2D eigenvalue weighted by atomic mass is 9.99. The quantitative estimate of drug-likeness (QED) is 0.217. The van der Waals surface area contributed by atoms with E-state index in [1.165, 1.54) is 48.6 Å². The van der Waals surface area contributed by atoms with Gasteiger partial charge in [-0.25, -0.2) is 4.79 Å². The average Bonchev–Trinajstić information content (AvgIpc) is 2.84. The Morgan fingerprint density at radius 3 is 2.31 bits per heavy atom. The van der Waals surface area contributed by atoms with E-state index in [0.29, 0.717) is 11.1 Å². The van der Waals surface area contributed by atoms with Crippen molar-refractivity contribution in [2.45, 2.75) is 37.1 Å². The maximum atomic E-state index is 12.6. The van der Waals surface area contributed by atoms with Crippen molar-refractivity contribution in [1.29, 1.82) is 0 Å². The standard InChI is InChI=1S/C25H24O11/c26-15-4-1-12-2-5-16(27)19(7-12)35-25-24(33)23(32)22(31)20(36-25)11-34-21(30)6-3-13-9-17(28)18(29)10-14(13)8-15/h1-7,9-10,20,22-25,27-29,31-33H,8,11H2/b4-1?,6-3+/t20-,22-,23+,24-,25-/m1/s1. The molecule has 5 atom stereocenters. The number of allylic oxidation sites excluding steroid dienone is 1. The monoisotopic (exact) mass is 500 g/mol. The third-order valence-corrected chi connectivity index (χ3v) is 5.75. The van der Waals surface area contributed by atoms with Gasteiger partial charge in [-0.15, -0.1) is 0 Å². The van der Waals surface area contributed by atoms with Gasteiger partial charge in [0, 0.05) is 12.5 Å². The van der Waals surface area contributed by atoms with E-state index in [4.69, 9.17) is 14.2 Å². The first-order valence-electron chi connectivity index (χ1n) is 10.9. The highest BCUT2D eigenvalue weighted by Gasteiger charge is 2.45. The number of hydrogen-bond donors (Lipinski definition) is 6. The molecule has 1 fully saturated rings. The molecule has 4 rings (SSSR count). The molecule has 11 nitrogen and oxygen atoms in total. The highest BCUT2D eigenvalue weighted by Crippen LogP contribution is 2.32. The minimum absolute atomic E-state index is 0.136. The molecular formula is C25H24O11. The summed E-state index contributed by atoms with van der Waals surface area (Å²) in [4.78, 5) is 24.8. The summed E-state index contributed by atoms with van der Waals surface area (Å²) in [5, 5.41) is 60.7. The first-order chi connectivity index (χ1) is 17.1. The van der Waals surface area contributed by atoms with Gasteiger partial charge < -0.3 is 44.8 Å². The fourth-order valence-corrected chi connectivity index (χ4v) is 3.76. The van der Waals surface area contributed by atoms with Crippen LogP contribution in [0.25, 0.3) is 12.2 Å². The summed E-state index contributed by atoms with van der Waals surface area (Å²) in [6, 6.07) is 6.55. The van der Waals surface area contributed by atoms with Crippen LogP contribution in [0, 0.1) is 0 Å². The Bertz CT molecular complexity index is 1220. The Morgan fingerprint density at radius 1 is 0.778 bits per heavy atom. The van der Waals surface area contributed by atoms with Crippen molar-refractivity contribution >= 4 is 23.9 Å². The molecule has 36 heavy (non-hydrogen) atoms. The number of rotatable bonds is 0. The van der Waals surface area contributed by atoms with Crippen LogP contribution in [0.1, 0.15) is 16.7 Å². The molecule has 1 saturated heterocycles. The van der Waals surface area contributed by atoms with Gasteiger partial charge in [-0.05, 0) is 53.1 Å². The summed E-state index contributed by atoms with van der Waals surface area (Å²) in [5.41, 5.74) is 1.05. The van der Waals surface area contributed by atoms with Crippen LogP contribution in [-0.4, -0.2) is 79.7 Å². The molecule has 190 valence electrons. The number of cyclic esters (lactones) is 1. The van der Waals surface area contributed by atoms with Crippen molar-refractivity contribution < 1.29 is 54.4 Å². The van der Waals surface area contributed by atoms with Gasteiger partial charge in [-0.3, -0.25) is 4.79 Å². The van der Waals surface area contributed by atoms with Gasteiger partial charge in [-0.1, -0.05) is 12.1 Å². The number of phenolic OH excluding ortho intramolecular Hbond substituents is 3. The molecule has 0 unspecified atom stereocenters. The van der Waals surface area contributed by atoms with E-state index in [-0.39, 0.29) is 29.3 Å². The summed E-state index contributed by atoms with van der Waals surface area (Å²) in [5.74, 6) is -2.60. The zero-order chi connectivity index (χ0) is 26.0. The molecule has 2 heterocycles. The van der Waals surface area contributed by atoms with Crippen molar-refractivity contribution in [1.82, 2.24) is 0 Å². The van der Waals surface area contributed by atoms with E-state index in [1.54, 1.807) is 0 Å². The minimum Gasteiger partial charge on any atom is -0.504 e. The first-order valence-corrected chi connectivity index (χ1v) is 10.9. The second kappa shape index (κ2) is 10.4. The van der Waals surface area contributed by atoms with Gasteiger partial charge >= 0.3 is 5.97 Å². The zero-order valence-electron chi connectivity index (χ0n) is 18.7. The molecule has 0 aliphatic carbocycles. The molecule has 0 saturated carbocycles. The van der Waals surface area contributed by atoms with Crippen LogP contribution in [0.2, 0.25) is 0 Å². The normalized spacial score (nSPS) is 27.7. The summed E-state index contributed by atoms with van der Waals surface area (Å²) >= 11 is 0. The van der Waals surface area contributed by atoms with Crippen molar-refractivity contribution in [2.24, 2.45) is 0 Å². The number of fused-ring (bicyclic) bond motifs is 5. The highest BCUT2D eigenvalue weighted by atomic mass is 16.7. The molecule has 0 aromatic heterocycles. The van der Waals surface area contributed by atoms with Gasteiger partial charge in [0.2, 0.25) is 6.29 Å². The summed E-state index contributed by atoms with van der Waals surface area (Å²) in [6.07, 6.45) is -3.00. The number of carbonyl (C=O) groups excluding carboxylic acids is 2. The summed E-state index contributed by atoms with van der Waals surface area (Å²) in [7, 11) is 0. The van der Waals surface area contributed by atoms with Crippen molar-refractivity contribution in [3.05, 3.63) is 59.2 Å². The van der Waals surface area contributed by atoms with Crippen LogP contribution in [0.3, 0.4) is 0 Å². The predicted octanol–water partition coefficient (Wildman–Crippen LogP) is 0.385. The van der Waals surface area contributed by atoms with Gasteiger partial charge in [0.05, 0.1) is 0 Å². The third-order valence-electron chi connectivity index (χ3n) is 5.75. The first kappa shape index (κ1) is 25.2. The molecule has 0 radical (unpaired) electrons. The maximum absolute atomic E-state index is 12.6.